The van der Waals surface area contributed by atoms with Crippen molar-refractivity contribution in [3.63, 3.8) is 0 Å². The third-order valence-electron chi connectivity index (χ3n) is 6.29. The average molecular weight is 527 g/mol. The number of aliphatic hydroxyl groups is 1. The summed E-state index contributed by atoms with van der Waals surface area (Å²) in [5, 5.41) is 11.6. The Hall–Kier alpha value is -3.14. The SMILES string of the molecule is C[N+]1(C(C(N)=O)c2cnccn2)CCC(OC(=O)C(O)(c2ccccc2)c2ccccc2)C1.[Br-]. The molecule has 178 valence electrons. The molecule has 9 heteroatoms. The van der Waals surface area contributed by atoms with Gasteiger partial charge in [0.05, 0.1) is 19.8 Å². The Balaban J connectivity index is 0.00000324. The summed E-state index contributed by atoms with van der Waals surface area (Å²) in [7, 11) is 1.89. The highest BCUT2D eigenvalue weighted by atomic mass is 79.9. The smallest absolute Gasteiger partial charge is 0.348 e. The Morgan fingerprint density at radius 1 is 1.09 bits per heavy atom. The van der Waals surface area contributed by atoms with E-state index in [2.05, 4.69) is 9.97 Å². The second-order valence-corrected chi connectivity index (χ2v) is 8.58. The van der Waals surface area contributed by atoms with Gasteiger partial charge in [0.2, 0.25) is 11.6 Å². The van der Waals surface area contributed by atoms with Gasteiger partial charge < -0.3 is 37.0 Å². The summed E-state index contributed by atoms with van der Waals surface area (Å²) in [5.41, 5.74) is 5.10. The zero-order chi connectivity index (χ0) is 23.5. The Morgan fingerprint density at radius 2 is 1.68 bits per heavy atom. The maximum atomic E-state index is 13.4. The summed E-state index contributed by atoms with van der Waals surface area (Å²) in [4.78, 5) is 34.1. The summed E-state index contributed by atoms with van der Waals surface area (Å²) < 4.78 is 6.09. The van der Waals surface area contributed by atoms with Crippen molar-refractivity contribution in [3.8, 4) is 0 Å². The summed E-state index contributed by atoms with van der Waals surface area (Å²) in [6.07, 6.45) is 4.60. The molecule has 0 bridgehead atoms. The van der Waals surface area contributed by atoms with Gasteiger partial charge in [-0.15, -0.1) is 0 Å². The van der Waals surface area contributed by atoms with Crippen molar-refractivity contribution in [2.75, 3.05) is 20.1 Å². The molecule has 3 aromatic rings. The molecule has 3 N–H and O–H groups in total. The number of likely N-dealkylation sites (tertiary alicyclic amines) is 1. The van der Waals surface area contributed by atoms with E-state index in [4.69, 9.17) is 10.5 Å². The Bertz CT molecular complexity index is 1080. The lowest BCUT2D eigenvalue weighted by Crippen LogP contribution is -3.00. The molecule has 34 heavy (non-hydrogen) atoms. The van der Waals surface area contributed by atoms with Crippen molar-refractivity contribution in [2.45, 2.75) is 24.2 Å². The van der Waals surface area contributed by atoms with Crippen molar-refractivity contribution in [2.24, 2.45) is 5.73 Å². The number of primary amides is 1. The number of benzene rings is 2. The van der Waals surface area contributed by atoms with Crippen LogP contribution >= 0.6 is 0 Å². The molecule has 2 heterocycles. The molecular weight excluding hydrogens is 500 g/mol. The molecule has 1 fully saturated rings. The molecule has 3 atom stereocenters. The fraction of sp³-hybridized carbons (Fsp3) is 0.280. The molecule has 8 nitrogen and oxygen atoms in total. The predicted octanol–water partition coefficient (Wildman–Crippen LogP) is -1.29. The van der Waals surface area contributed by atoms with E-state index in [0.717, 1.165) is 0 Å². The van der Waals surface area contributed by atoms with E-state index in [-0.39, 0.29) is 21.5 Å². The van der Waals surface area contributed by atoms with E-state index in [1.54, 1.807) is 48.5 Å². The van der Waals surface area contributed by atoms with E-state index in [0.29, 0.717) is 36.3 Å². The highest BCUT2D eigenvalue weighted by molar-refractivity contribution is 5.85. The van der Waals surface area contributed by atoms with Gasteiger partial charge in [-0.25, -0.2) is 4.79 Å². The molecule has 3 unspecified atom stereocenters. The third kappa shape index (κ3) is 4.86. The van der Waals surface area contributed by atoms with Gasteiger partial charge in [0.1, 0.15) is 12.2 Å². The first-order valence-corrected chi connectivity index (χ1v) is 10.8. The van der Waals surface area contributed by atoms with Crippen molar-refractivity contribution in [1.82, 2.24) is 9.97 Å². The first kappa shape index (κ1) is 25.5. The van der Waals surface area contributed by atoms with Gasteiger partial charge in [0.25, 0.3) is 5.91 Å². The first-order valence-electron chi connectivity index (χ1n) is 10.8. The minimum atomic E-state index is -1.96. The van der Waals surface area contributed by atoms with Crippen LogP contribution in [0.25, 0.3) is 0 Å². The minimum absolute atomic E-state index is 0. The number of nitrogens with zero attached hydrogens (tertiary/aromatic N) is 3. The number of hydrogen-bond donors (Lipinski definition) is 2. The second-order valence-electron chi connectivity index (χ2n) is 8.58. The molecule has 0 aliphatic carbocycles. The number of ether oxygens (including phenoxy) is 1. The van der Waals surface area contributed by atoms with Gasteiger partial charge in [-0.2, -0.15) is 0 Å². The number of amides is 1. The number of quaternary nitrogens is 1. The number of hydrogen-bond acceptors (Lipinski definition) is 6. The third-order valence-corrected chi connectivity index (χ3v) is 6.29. The number of likely N-dealkylation sites (N-methyl/N-ethyl adjacent to an activating group) is 1. The minimum Gasteiger partial charge on any atom is -1.00 e. The van der Waals surface area contributed by atoms with E-state index in [1.165, 1.54) is 18.6 Å². The van der Waals surface area contributed by atoms with Crippen LogP contribution in [-0.4, -0.2) is 57.7 Å². The molecular formula is C25H27BrN4O4. The van der Waals surface area contributed by atoms with Crippen molar-refractivity contribution >= 4 is 11.9 Å². The largest absolute Gasteiger partial charge is 1.00 e. The topological polar surface area (TPSA) is 115 Å². The van der Waals surface area contributed by atoms with Crippen LogP contribution in [-0.2, 0) is 19.9 Å². The second kappa shape index (κ2) is 10.4. The molecule has 0 spiro atoms. The predicted molar refractivity (Wildman–Crippen MR) is 120 cm³/mol. The highest BCUT2D eigenvalue weighted by Gasteiger charge is 2.49. The average Bonchev–Trinajstić information content (AvgIpc) is 3.20. The number of halogens is 1. The molecule has 0 saturated carbocycles. The Morgan fingerprint density at radius 3 is 2.18 bits per heavy atom. The fourth-order valence-corrected chi connectivity index (χ4v) is 4.64. The van der Waals surface area contributed by atoms with Gasteiger partial charge in [0.15, 0.2) is 6.10 Å². The maximum absolute atomic E-state index is 13.4. The monoisotopic (exact) mass is 526 g/mol. The van der Waals surface area contributed by atoms with Crippen molar-refractivity contribution in [1.29, 1.82) is 0 Å². The molecule has 1 amide bonds. The van der Waals surface area contributed by atoms with Crippen LogP contribution in [0.4, 0.5) is 0 Å². The normalized spacial score (nSPS) is 20.7. The van der Waals surface area contributed by atoms with Gasteiger partial charge in [0, 0.05) is 18.8 Å². The quantitative estimate of drug-likeness (QED) is 0.292. The van der Waals surface area contributed by atoms with Crippen molar-refractivity contribution < 1.29 is 40.9 Å². The fourth-order valence-electron chi connectivity index (χ4n) is 4.64. The Kier molecular flexibility index (Phi) is 7.81. The van der Waals surface area contributed by atoms with Crippen LogP contribution in [0, 0.1) is 0 Å². The lowest BCUT2D eigenvalue weighted by atomic mass is 9.86. The number of carbonyl (C=O) groups is 2. The molecule has 0 radical (unpaired) electrons. The van der Waals surface area contributed by atoms with Crippen LogP contribution in [0.3, 0.4) is 0 Å². The number of carbonyl (C=O) groups excluding carboxylic acids is 2. The first-order chi connectivity index (χ1) is 15.8. The van der Waals surface area contributed by atoms with Crippen LogP contribution in [0.5, 0.6) is 0 Å². The summed E-state index contributed by atoms with van der Waals surface area (Å²) in [6.45, 7) is 0.910. The molecule has 4 rings (SSSR count). The van der Waals surface area contributed by atoms with Gasteiger partial charge in [-0.05, 0) is 11.1 Å². The molecule has 1 aliphatic rings. The number of rotatable bonds is 7. The molecule has 1 aromatic heterocycles. The van der Waals surface area contributed by atoms with Gasteiger partial charge >= 0.3 is 5.97 Å². The molecule has 1 saturated heterocycles. The van der Waals surface area contributed by atoms with Crippen molar-refractivity contribution in [3.05, 3.63) is 96.1 Å². The van der Waals surface area contributed by atoms with Crippen LogP contribution < -0.4 is 22.7 Å². The molecule has 2 aromatic carbocycles. The standard InChI is InChI=1S/C25H26N4O4.BrH/c1-29(22(23(26)30)21-16-27-13-14-28-21)15-12-20(17-29)33-24(31)25(32,18-8-4-2-5-9-18)19-10-6-3-7-11-19;/h2-11,13-14,16,20,22,32H,12,15,17H2,1H3,(H-,26,30);1H. The zero-order valence-corrected chi connectivity index (χ0v) is 20.3. The summed E-state index contributed by atoms with van der Waals surface area (Å²) >= 11 is 0. The summed E-state index contributed by atoms with van der Waals surface area (Å²) in [6, 6.07) is 16.7. The summed E-state index contributed by atoms with van der Waals surface area (Å²) in [5.74, 6) is -1.27. The number of nitrogens with two attached hydrogens (primary N) is 1. The van der Waals surface area contributed by atoms with Gasteiger partial charge in [-0.1, -0.05) is 60.7 Å². The van der Waals surface area contributed by atoms with Crippen LogP contribution in [0.2, 0.25) is 0 Å². The van der Waals surface area contributed by atoms with E-state index >= 15 is 0 Å². The Labute approximate surface area is 208 Å². The maximum Gasteiger partial charge on any atom is 0.348 e. The highest BCUT2D eigenvalue weighted by Crippen LogP contribution is 2.35. The number of esters is 1. The van der Waals surface area contributed by atoms with E-state index in [1.807, 2.05) is 19.2 Å². The lowest BCUT2D eigenvalue weighted by molar-refractivity contribution is -0.920. The zero-order valence-electron chi connectivity index (χ0n) is 18.8. The van der Waals surface area contributed by atoms with Crippen LogP contribution in [0.1, 0.15) is 29.3 Å². The number of aromatic nitrogens is 2. The molecule has 1 aliphatic heterocycles. The van der Waals surface area contributed by atoms with E-state index in [9.17, 15) is 14.7 Å². The van der Waals surface area contributed by atoms with Gasteiger partial charge in [-0.3, -0.25) is 14.8 Å². The lowest BCUT2D eigenvalue weighted by Gasteiger charge is -2.35. The van der Waals surface area contributed by atoms with E-state index < -0.39 is 29.6 Å². The van der Waals surface area contributed by atoms with Crippen LogP contribution in [0.15, 0.2) is 79.3 Å².